The third kappa shape index (κ3) is 1.38. The van der Waals surface area contributed by atoms with Crippen molar-refractivity contribution >= 4 is 44.5 Å². The van der Waals surface area contributed by atoms with Crippen molar-refractivity contribution in [3.8, 4) is 12.3 Å². The molecular weight excluding hydrogens is 264 g/mol. The zero-order valence-corrected chi connectivity index (χ0v) is 11.9. The molecule has 0 bridgehead atoms. The number of terminal acetylenes is 1. The van der Waals surface area contributed by atoms with E-state index in [4.69, 9.17) is 6.42 Å². The predicted molar refractivity (Wildman–Crippen MR) is 95.8 cm³/mol. The van der Waals surface area contributed by atoms with Crippen LogP contribution in [-0.4, -0.2) is 0 Å². The molecule has 4 aromatic rings. The van der Waals surface area contributed by atoms with Crippen LogP contribution in [0.3, 0.4) is 0 Å². The van der Waals surface area contributed by atoms with Crippen LogP contribution in [0.15, 0.2) is 54.6 Å². The summed E-state index contributed by atoms with van der Waals surface area (Å²) in [6.07, 6.45) is 9.94. The molecule has 0 nitrogen and oxygen atoms in total. The molecule has 0 heteroatoms. The van der Waals surface area contributed by atoms with Crippen molar-refractivity contribution in [2.75, 3.05) is 0 Å². The van der Waals surface area contributed by atoms with Crippen LogP contribution in [0.1, 0.15) is 16.7 Å². The van der Waals surface area contributed by atoms with Crippen molar-refractivity contribution in [2.45, 2.75) is 0 Å². The standard InChI is InChI=1S/C22H12/c1-2-14-6-10-18-16(12-14)9-11-19-20-5-3-4-15-7-8-17(22(15)20)13-21(18)19/h1,3-13H. The summed E-state index contributed by atoms with van der Waals surface area (Å²) in [5.41, 5.74) is 3.56. The summed E-state index contributed by atoms with van der Waals surface area (Å²) >= 11 is 0. The van der Waals surface area contributed by atoms with Gasteiger partial charge >= 0.3 is 0 Å². The van der Waals surface area contributed by atoms with E-state index >= 15 is 0 Å². The van der Waals surface area contributed by atoms with E-state index in [0.29, 0.717) is 0 Å². The highest BCUT2D eigenvalue weighted by atomic mass is 14.2. The molecule has 100 valence electrons. The minimum Gasteiger partial charge on any atom is -0.115 e. The molecule has 1 aliphatic carbocycles. The zero-order valence-electron chi connectivity index (χ0n) is 11.9. The van der Waals surface area contributed by atoms with Gasteiger partial charge in [-0.25, -0.2) is 0 Å². The summed E-state index contributed by atoms with van der Waals surface area (Å²) in [4.78, 5) is 0. The van der Waals surface area contributed by atoms with Crippen molar-refractivity contribution in [3.63, 3.8) is 0 Å². The Kier molecular flexibility index (Phi) is 2.11. The average molecular weight is 276 g/mol. The molecule has 0 radical (unpaired) electrons. The lowest BCUT2D eigenvalue weighted by atomic mass is 9.93. The lowest BCUT2D eigenvalue weighted by molar-refractivity contribution is 1.72. The Morgan fingerprint density at radius 1 is 0.682 bits per heavy atom. The minimum absolute atomic E-state index is 0.930. The van der Waals surface area contributed by atoms with E-state index in [2.05, 4.69) is 66.6 Å². The maximum atomic E-state index is 5.52. The second-order valence-corrected chi connectivity index (χ2v) is 5.81. The lowest BCUT2D eigenvalue weighted by Crippen LogP contribution is -1.85. The van der Waals surface area contributed by atoms with Gasteiger partial charge in [-0.1, -0.05) is 54.5 Å². The van der Waals surface area contributed by atoms with Gasteiger partial charge in [0.15, 0.2) is 0 Å². The molecule has 0 aliphatic heterocycles. The molecule has 22 heavy (non-hydrogen) atoms. The molecule has 0 amide bonds. The summed E-state index contributed by atoms with van der Waals surface area (Å²) < 4.78 is 0. The number of hydrogen-bond acceptors (Lipinski definition) is 0. The molecule has 1 aliphatic rings. The second kappa shape index (κ2) is 4.00. The summed E-state index contributed by atoms with van der Waals surface area (Å²) in [6, 6.07) is 19.5. The normalized spacial score (nSPS) is 12.3. The fourth-order valence-corrected chi connectivity index (χ4v) is 3.63. The van der Waals surface area contributed by atoms with Crippen LogP contribution in [0, 0.1) is 12.3 Å². The first-order valence-electron chi connectivity index (χ1n) is 7.42. The van der Waals surface area contributed by atoms with Crippen LogP contribution in [0.25, 0.3) is 44.5 Å². The van der Waals surface area contributed by atoms with Gasteiger partial charge in [-0.15, -0.1) is 6.42 Å². The monoisotopic (exact) mass is 276 g/mol. The van der Waals surface area contributed by atoms with Crippen LogP contribution < -0.4 is 0 Å². The number of fused-ring (bicyclic) bond motifs is 4. The van der Waals surface area contributed by atoms with Gasteiger partial charge in [-0.2, -0.15) is 0 Å². The molecule has 0 atom stereocenters. The van der Waals surface area contributed by atoms with Crippen molar-refractivity contribution in [3.05, 3.63) is 71.3 Å². The molecule has 0 spiro atoms. The van der Waals surface area contributed by atoms with Gasteiger partial charge in [0.25, 0.3) is 0 Å². The molecule has 0 aromatic heterocycles. The maximum absolute atomic E-state index is 5.52. The topological polar surface area (TPSA) is 0 Å². The van der Waals surface area contributed by atoms with Crippen LogP contribution in [-0.2, 0) is 0 Å². The highest BCUT2D eigenvalue weighted by Crippen LogP contribution is 2.38. The summed E-state index contributed by atoms with van der Waals surface area (Å²) in [7, 11) is 0. The molecule has 4 aromatic carbocycles. The predicted octanol–water partition coefficient (Wildman–Crippen LogP) is 5.61. The fraction of sp³-hybridized carbons (Fsp3) is 0. The van der Waals surface area contributed by atoms with Crippen molar-refractivity contribution in [2.24, 2.45) is 0 Å². The second-order valence-electron chi connectivity index (χ2n) is 5.81. The van der Waals surface area contributed by atoms with Crippen LogP contribution >= 0.6 is 0 Å². The minimum atomic E-state index is 0.930. The van der Waals surface area contributed by atoms with E-state index in [0.717, 1.165) is 5.56 Å². The van der Waals surface area contributed by atoms with Crippen LogP contribution in [0.2, 0.25) is 0 Å². The Labute approximate surface area is 128 Å². The van der Waals surface area contributed by atoms with E-state index < -0.39 is 0 Å². The van der Waals surface area contributed by atoms with E-state index in [9.17, 15) is 0 Å². The fourth-order valence-electron chi connectivity index (χ4n) is 3.63. The molecule has 0 unspecified atom stereocenters. The third-order valence-electron chi connectivity index (χ3n) is 4.65. The molecule has 0 fully saturated rings. The highest BCUT2D eigenvalue weighted by Gasteiger charge is 2.13. The highest BCUT2D eigenvalue weighted by molar-refractivity contribution is 6.22. The summed E-state index contributed by atoms with van der Waals surface area (Å²) in [5.74, 6) is 2.72. The van der Waals surface area contributed by atoms with Crippen LogP contribution in [0.5, 0.6) is 0 Å². The molecule has 0 N–H and O–H groups in total. The lowest BCUT2D eigenvalue weighted by Gasteiger charge is -2.10. The van der Waals surface area contributed by atoms with Gasteiger partial charge in [0.2, 0.25) is 0 Å². The Morgan fingerprint density at radius 3 is 2.45 bits per heavy atom. The van der Waals surface area contributed by atoms with E-state index in [1.807, 2.05) is 6.07 Å². The maximum Gasteiger partial charge on any atom is 0.0248 e. The first-order chi connectivity index (χ1) is 10.8. The number of benzene rings is 4. The molecule has 5 rings (SSSR count). The molecule has 0 heterocycles. The third-order valence-corrected chi connectivity index (χ3v) is 4.65. The molecule has 0 saturated heterocycles. The SMILES string of the molecule is C#Cc1ccc2c(ccc3c4cccc5c4c(cc23)C=C5)c1. The van der Waals surface area contributed by atoms with E-state index in [1.54, 1.807) is 0 Å². The van der Waals surface area contributed by atoms with Gasteiger partial charge in [-0.05, 0) is 61.6 Å². The molecule has 0 saturated carbocycles. The van der Waals surface area contributed by atoms with Gasteiger partial charge in [0, 0.05) is 5.56 Å². The van der Waals surface area contributed by atoms with E-state index in [1.165, 1.54) is 43.4 Å². The summed E-state index contributed by atoms with van der Waals surface area (Å²) in [5, 5.41) is 7.78. The van der Waals surface area contributed by atoms with Gasteiger partial charge in [0.1, 0.15) is 0 Å². The van der Waals surface area contributed by atoms with Crippen molar-refractivity contribution < 1.29 is 0 Å². The quantitative estimate of drug-likeness (QED) is 0.255. The van der Waals surface area contributed by atoms with Crippen molar-refractivity contribution in [1.82, 2.24) is 0 Å². The Hall–Kier alpha value is -3.04. The van der Waals surface area contributed by atoms with Crippen LogP contribution in [0.4, 0.5) is 0 Å². The first-order valence-corrected chi connectivity index (χ1v) is 7.42. The number of hydrogen-bond donors (Lipinski definition) is 0. The Balaban J connectivity index is 2.04. The molecular formula is C22H12. The van der Waals surface area contributed by atoms with Gasteiger partial charge in [0.05, 0.1) is 0 Å². The van der Waals surface area contributed by atoms with Gasteiger partial charge < -0.3 is 0 Å². The van der Waals surface area contributed by atoms with Gasteiger partial charge in [-0.3, -0.25) is 0 Å². The average Bonchev–Trinajstić information content (AvgIpc) is 2.99. The van der Waals surface area contributed by atoms with E-state index in [-0.39, 0.29) is 0 Å². The smallest absolute Gasteiger partial charge is 0.0248 e. The summed E-state index contributed by atoms with van der Waals surface area (Å²) in [6.45, 7) is 0. The zero-order chi connectivity index (χ0) is 14.7. The number of rotatable bonds is 0. The largest absolute Gasteiger partial charge is 0.115 e. The Morgan fingerprint density at radius 2 is 1.55 bits per heavy atom. The Bertz CT molecular complexity index is 1170. The van der Waals surface area contributed by atoms with Crippen molar-refractivity contribution in [1.29, 1.82) is 0 Å². The first kappa shape index (κ1) is 11.6.